The first-order valence-corrected chi connectivity index (χ1v) is 11.0. The number of phenols is 2. The van der Waals surface area contributed by atoms with Crippen molar-refractivity contribution in [2.75, 3.05) is 31.1 Å². The highest BCUT2D eigenvalue weighted by atomic mass is 16.5. The third-order valence-electron chi connectivity index (χ3n) is 5.67. The van der Waals surface area contributed by atoms with E-state index in [1.807, 2.05) is 24.3 Å². The first kappa shape index (κ1) is 21.7. The van der Waals surface area contributed by atoms with Crippen LogP contribution in [-0.4, -0.2) is 47.3 Å². The van der Waals surface area contributed by atoms with E-state index in [-0.39, 0.29) is 23.0 Å². The van der Waals surface area contributed by atoms with E-state index in [0.717, 1.165) is 25.4 Å². The van der Waals surface area contributed by atoms with Gasteiger partial charge in [-0.05, 0) is 86.6 Å². The van der Waals surface area contributed by atoms with Gasteiger partial charge in [0.25, 0.3) is 5.91 Å². The quantitative estimate of drug-likeness (QED) is 0.553. The lowest BCUT2D eigenvalue weighted by atomic mass is 10.1. The second-order valence-electron chi connectivity index (χ2n) is 7.92. The van der Waals surface area contributed by atoms with Gasteiger partial charge in [-0.3, -0.25) is 14.6 Å². The third-order valence-corrected chi connectivity index (χ3v) is 5.67. The van der Waals surface area contributed by atoms with Crippen LogP contribution in [0, 0.1) is 0 Å². The van der Waals surface area contributed by atoms with Crippen molar-refractivity contribution >= 4 is 17.3 Å². The van der Waals surface area contributed by atoms with Gasteiger partial charge in [0.1, 0.15) is 23.9 Å². The number of anilines is 2. The summed E-state index contributed by atoms with van der Waals surface area (Å²) in [5.74, 6) is 0.402. The molecule has 2 N–H and O–H groups in total. The number of aromatic hydroxyl groups is 2. The van der Waals surface area contributed by atoms with Crippen molar-refractivity contribution in [3.05, 3.63) is 78.4 Å². The van der Waals surface area contributed by atoms with Crippen molar-refractivity contribution in [1.29, 1.82) is 0 Å². The number of phenolic OH excluding ortho intramolecular Hbond substituents is 2. The Kier molecular flexibility index (Phi) is 6.92. The minimum absolute atomic E-state index is 0.0843. The molecule has 0 bridgehead atoms. The van der Waals surface area contributed by atoms with Gasteiger partial charge in [0.05, 0.1) is 5.56 Å². The number of hydrogen-bond donors (Lipinski definition) is 2. The zero-order chi connectivity index (χ0) is 22.3. The Morgan fingerprint density at radius 1 is 0.844 bits per heavy atom. The lowest BCUT2D eigenvalue weighted by Crippen LogP contribution is -2.33. The van der Waals surface area contributed by atoms with Crippen LogP contribution >= 0.6 is 0 Å². The Labute approximate surface area is 188 Å². The highest BCUT2D eigenvalue weighted by Gasteiger charge is 2.22. The predicted octanol–water partition coefficient (Wildman–Crippen LogP) is 4.94. The van der Waals surface area contributed by atoms with Crippen molar-refractivity contribution < 1.29 is 19.7 Å². The molecule has 1 aliphatic heterocycles. The average molecular weight is 433 g/mol. The van der Waals surface area contributed by atoms with Crippen molar-refractivity contribution in [3.8, 4) is 17.2 Å². The summed E-state index contributed by atoms with van der Waals surface area (Å²) in [6, 6.07) is 20.2. The van der Waals surface area contributed by atoms with Crippen molar-refractivity contribution in [1.82, 2.24) is 4.90 Å². The summed E-state index contributed by atoms with van der Waals surface area (Å²) in [7, 11) is 0. The summed E-state index contributed by atoms with van der Waals surface area (Å²) in [6.45, 7) is 3.81. The van der Waals surface area contributed by atoms with Gasteiger partial charge in [-0.25, -0.2) is 0 Å². The van der Waals surface area contributed by atoms with E-state index < -0.39 is 0 Å². The molecule has 4 rings (SSSR count). The number of rotatable bonds is 7. The van der Waals surface area contributed by atoms with E-state index in [1.54, 1.807) is 30.3 Å². The minimum atomic E-state index is -0.368. The molecular weight excluding hydrogens is 404 g/mol. The number of para-hydroxylation sites is 1. The lowest BCUT2D eigenvalue weighted by Gasteiger charge is -2.26. The highest BCUT2D eigenvalue weighted by Crippen LogP contribution is 2.32. The second-order valence-corrected chi connectivity index (χ2v) is 7.92. The summed E-state index contributed by atoms with van der Waals surface area (Å²) in [6.07, 6.45) is 3.83. The molecule has 0 spiro atoms. The molecule has 0 aliphatic carbocycles. The molecule has 0 atom stereocenters. The van der Waals surface area contributed by atoms with Crippen LogP contribution in [0.2, 0.25) is 0 Å². The Balaban J connectivity index is 1.52. The maximum atomic E-state index is 13.4. The standard InChI is InChI=1S/C26H28N2O4/c29-22-12-8-20(9-13-22)28(26(31)24-6-2-3-7-25(24)30)21-10-14-23(15-11-21)32-19-18-27-16-4-1-5-17-27/h2-3,6-15,29-30H,1,4-5,16-19H2. The van der Waals surface area contributed by atoms with E-state index in [4.69, 9.17) is 4.74 Å². The van der Waals surface area contributed by atoms with Crippen LogP contribution in [-0.2, 0) is 0 Å². The van der Waals surface area contributed by atoms with E-state index in [2.05, 4.69) is 4.90 Å². The van der Waals surface area contributed by atoms with Crippen LogP contribution in [0.4, 0.5) is 11.4 Å². The predicted molar refractivity (Wildman–Crippen MR) is 125 cm³/mol. The summed E-state index contributed by atoms with van der Waals surface area (Å²) >= 11 is 0. The second kappa shape index (κ2) is 10.2. The largest absolute Gasteiger partial charge is 0.508 e. The van der Waals surface area contributed by atoms with Gasteiger partial charge in [-0.1, -0.05) is 18.6 Å². The Bertz CT molecular complexity index is 1030. The normalized spacial score (nSPS) is 14.1. The molecule has 1 aliphatic rings. The smallest absolute Gasteiger partial charge is 0.266 e. The lowest BCUT2D eigenvalue weighted by molar-refractivity contribution is 0.0996. The number of piperidine rings is 1. The van der Waals surface area contributed by atoms with E-state index >= 15 is 0 Å². The SMILES string of the molecule is O=C(c1ccccc1O)N(c1ccc(O)cc1)c1ccc(OCCN2CCCCC2)cc1. The Hall–Kier alpha value is -3.51. The molecule has 3 aromatic carbocycles. The molecule has 3 aromatic rings. The zero-order valence-corrected chi connectivity index (χ0v) is 18.0. The maximum absolute atomic E-state index is 13.4. The summed E-state index contributed by atoms with van der Waals surface area (Å²) in [5, 5.41) is 19.9. The van der Waals surface area contributed by atoms with Crippen LogP contribution in [0.25, 0.3) is 0 Å². The Morgan fingerprint density at radius 3 is 2.12 bits per heavy atom. The average Bonchev–Trinajstić information content (AvgIpc) is 2.82. The fourth-order valence-electron chi connectivity index (χ4n) is 3.93. The van der Waals surface area contributed by atoms with Gasteiger partial charge in [0.15, 0.2) is 0 Å². The maximum Gasteiger partial charge on any atom is 0.266 e. The molecule has 0 saturated carbocycles. The molecule has 1 heterocycles. The first-order valence-electron chi connectivity index (χ1n) is 11.0. The molecular formula is C26H28N2O4. The van der Waals surface area contributed by atoms with Gasteiger partial charge >= 0.3 is 0 Å². The molecule has 0 radical (unpaired) electrons. The first-order chi connectivity index (χ1) is 15.6. The van der Waals surface area contributed by atoms with Gasteiger partial charge in [0, 0.05) is 17.9 Å². The van der Waals surface area contributed by atoms with E-state index in [0.29, 0.717) is 18.0 Å². The number of hydrogen-bond acceptors (Lipinski definition) is 5. The van der Waals surface area contributed by atoms with Crippen molar-refractivity contribution in [2.45, 2.75) is 19.3 Å². The van der Waals surface area contributed by atoms with Crippen LogP contribution in [0.5, 0.6) is 17.2 Å². The molecule has 0 unspecified atom stereocenters. The molecule has 1 fully saturated rings. The monoisotopic (exact) mass is 432 g/mol. The van der Waals surface area contributed by atoms with Crippen LogP contribution in [0.15, 0.2) is 72.8 Å². The van der Waals surface area contributed by atoms with Gasteiger partial charge in [0.2, 0.25) is 0 Å². The van der Waals surface area contributed by atoms with Crippen molar-refractivity contribution in [2.24, 2.45) is 0 Å². The Morgan fingerprint density at radius 2 is 1.47 bits per heavy atom. The van der Waals surface area contributed by atoms with E-state index in [1.165, 1.54) is 42.4 Å². The minimum Gasteiger partial charge on any atom is -0.508 e. The number of likely N-dealkylation sites (tertiary alicyclic amines) is 1. The van der Waals surface area contributed by atoms with Gasteiger partial charge in [-0.15, -0.1) is 0 Å². The molecule has 6 heteroatoms. The van der Waals surface area contributed by atoms with Crippen LogP contribution < -0.4 is 9.64 Å². The van der Waals surface area contributed by atoms with Crippen LogP contribution in [0.1, 0.15) is 29.6 Å². The molecule has 1 saturated heterocycles. The summed E-state index contributed by atoms with van der Waals surface area (Å²) in [5.41, 5.74) is 1.41. The number of nitrogens with zero attached hydrogens (tertiary/aromatic N) is 2. The number of amides is 1. The molecule has 6 nitrogen and oxygen atoms in total. The number of ether oxygens (including phenoxy) is 1. The fourth-order valence-corrected chi connectivity index (χ4v) is 3.93. The molecule has 32 heavy (non-hydrogen) atoms. The molecule has 0 aromatic heterocycles. The fraction of sp³-hybridized carbons (Fsp3) is 0.269. The van der Waals surface area contributed by atoms with Gasteiger partial charge in [-0.2, -0.15) is 0 Å². The molecule has 1 amide bonds. The zero-order valence-electron chi connectivity index (χ0n) is 18.0. The van der Waals surface area contributed by atoms with Crippen molar-refractivity contribution in [3.63, 3.8) is 0 Å². The number of carbonyl (C=O) groups is 1. The molecule has 166 valence electrons. The summed E-state index contributed by atoms with van der Waals surface area (Å²) in [4.78, 5) is 17.3. The highest BCUT2D eigenvalue weighted by molar-refractivity contribution is 6.12. The topological polar surface area (TPSA) is 73.2 Å². The number of benzene rings is 3. The van der Waals surface area contributed by atoms with Crippen LogP contribution in [0.3, 0.4) is 0 Å². The van der Waals surface area contributed by atoms with E-state index in [9.17, 15) is 15.0 Å². The number of carbonyl (C=O) groups excluding carboxylic acids is 1. The summed E-state index contributed by atoms with van der Waals surface area (Å²) < 4.78 is 5.91. The van der Waals surface area contributed by atoms with Gasteiger partial charge < -0.3 is 14.9 Å². The third kappa shape index (κ3) is 5.21.